The van der Waals surface area contributed by atoms with Gasteiger partial charge < -0.3 is 15.8 Å². The van der Waals surface area contributed by atoms with Crippen molar-refractivity contribution in [3.63, 3.8) is 0 Å². The number of anilines is 1. The Kier molecular flexibility index (Phi) is 4.64. The van der Waals surface area contributed by atoms with Gasteiger partial charge in [-0.15, -0.1) is 0 Å². The van der Waals surface area contributed by atoms with Crippen LogP contribution in [0.25, 0.3) is 0 Å². The Labute approximate surface area is 95.8 Å². The molecule has 1 aromatic carbocycles. The Morgan fingerprint density at radius 2 is 2.25 bits per heavy atom. The smallest absolute Gasteiger partial charge is 0.239 e. The summed E-state index contributed by atoms with van der Waals surface area (Å²) in [5.41, 5.74) is 6.10. The minimum absolute atomic E-state index is 0.336. The molecule has 0 fully saturated rings. The maximum absolute atomic E-state index is 11.1. The van der Waals surface area contributed by atoms with Crippen molar-refractivity contribution in [2.45, 2.75) is 26.3 Å². The van der Waals surface area contributed by atoms with Gasteiger partial charge in [-0.05, 0) is 25.5 Å². The molecule has 3 N–H and O–H groups in total. The first-order chi connectivity index (χ1) is 7.67. The van der Waals surface area contributed by atoms with Crippen LogP contribution in [0.3, 0.4) is 0 Å². The van der Waals surface area contributed by atoms with Gasteiger partial charge in [0.25, 0.3) is 0 Å². The van der Waals surface area contributed by atoms with Crippen LogP contribution in [0.1, 0.15) is 20.3 Å². The Balaban J connectivity index is 2.72. The van der Waals surface area contributed by atoms with Gasteiger partial charge in [-0.25, -0.2) is 0 Å². The van der Waals surface area contributed by atoms with Crippen molar-refractivity contribution in [2.75, 3.05) is 11.9 Å². The second-order valence-corrected chi connectivity index (χ2v) is 3.47. The van der Waals surface area contributed by atoms with E-state index in [0.717, 1.165) is 11.4 Å². The number of carbonyl (C=O) groups is 1. The van der Waals surface area contributed by atoms with Gasteiger partial charge in [0.1, 0.15) is 11.8 Å². The van der Waals surface area contributed by atoms with Crippen LogP contribution >= 0.6 is 0 Å². The second kappa shape index (κ2) is 6.00. The van der Waals surface area contributed by atoms with Crippen LogP contribution in [-0.4, -0.2) is 18.6 Å². The molecule has 0 saturated heterocycles. The zero-order valence-electron chi connectivity index (χ0n) is 9.69. The summed E-state index contributed by atoms with van der Waals surface area (Å²) >= 11 is 0. The van der Waals surface area contributed by atoms with E-state index >= 15 is 0 Å². The quantitative estimate of drug-likeness (QED) is 0.770. The fraction of sp³-hybridized carbons (Fsp3) is 0.417. The molecule has 1 aromatic rings. The zero-order valence-corrected chi connectivity index (χ0v) is 9.69. The average Bonchev–Trinajstić information content (AvgIpc) is 2.26. The Morgan fingerprint density at radius 3 is 2.81 bits per heavy atom. The van der Waals surface area contributed by atoms with Gasteiger partial charge in [0.2, 0.25) is 5.91 Å². The van der Waals surface area contributed by atoms with Crippen LogP contribution < -0.4 is 15.8 Å². The first-order valence-corrected chi connectivity index (χ1v) is 5.46. The van der Waals surface area contributed by atoms with Crippen molar-refractivity contribution in [1.29, 1.82) is 0 Å². The average molecular weight is 222 g/mol. The van der Waals surface area contributed by atoms with Gasteiger partial charge in [-0.2, -0.15) is 0 Å². The summed E-state index contributed by atoms with van der Waals surface area (Å²) < 4.78 is 5.37. The van der Waals surface area contributed by atoms with E-state index in [1.165, 1.54) is 0 Å². The SMILES string of the molecule is CCOc1cccc(NC(CC)C(N)=O)c1. The molecule has 1 amide bonds. The van der Waals surface area contributed by atoms with Crippen LogP contribution in [0, 0.1) is 0 Å². The predicted octanol–water partition coefficient (Wildman–Crippen LogP) is 1.76. The minimum Gasteiger partial charge on any atom is -0.494 e. The summed E-state index contributed by atoms with van der Waals surface area (Å²) in [7, 11) is 0. The van der Waals surface area contributed by atoms with E-state index in [0.29, 0.717) is 13.0 Å². The number of primary amides is 1. The highest BCUT2D eigenvalue weighted by Crippen LogP contribution is 2.18. The predicted molar refractivity (Wildman–Crippen MR) is 64.5 cm³/mol. The van der Waals surface area contributed by atoms with Gasteiger partial charge in [0.05, 0.1) is 6.61 Å². The largest absolute Gasteiger partial charge is 0.494 e. The molecule has 1 unspecified atom stereocenters. The molecular formula is C12H18N2O2. The molecule has 4 heteroatoms. The number of hydrogen-bond donors (Lipinski definition) is 2. The number of nitrogens with two attached hydrogens (primary N) is 1. The van der Waals surface area contributed by atoms with Crippen LogP contribution in [0.4, 0.5) is 5.69 Å². The number of benzene rings is 1. The highest BCUT2D eigenvalue weighted by molar-refractivity contribution is 5.82. The Hall–Kier alpha value is -1.71. The summed E-state index contributed by atoms with van der Waals surface area (Å²) in [5, 5.41) is 3.07. The summed E-state index contributed by atoms with van der Waals surface area (Å²) in [4.78, 5) is 11.1. The fourth-order valence-electron chi connectivity index (χ4n) is 1.42. The molecule has 0 spiro atoms. The number of nitrogens with one attached hydrogen (secondary N) is 1. The van der Waals surface area contributed by atoms with Crippen LogP contribution in [-0.2, 0) is 4.79 Å². The molecule has 16 heavy (non-hydrogen) atoms. The molecule has 0 aliphatic carbocycles. The summed E-state index contributed by atoms with van der Waals surface area (Å²) in [6.07, 6.45) is 0.661. The third-order valence-electron chi connectivity index (χ3n) is 2.24. The van der Waals surface area contributed by atoms with Crippen molar-refractivity contribution >= 4 is 11.6 Å². The number of amides is 1. The first kappa shape index (κ1) is 12.4. The lowest BCUT2D eigenvalue weighted by Crippen LogP contribution is -2.34. The van der Waals surface area contributed by atoms with E-state index in [1.807, 2.05) is 38.1 Å². The van der Waals surface area contributed by atoms with Gasteiger partial charge in [-0.1, -0.05) is 13.0 Å². The van der Waals surface area contributed by atoms with Crippen molar-refractivity contribution in [1.82, 2.24) is 0 Å². The third-order valence-corrected chi connectivity index (χ3v) is 2.24. The zero-order chi connectivity index (χ0) is 12.0. The molecular weight excluding hydrogens is 204 g/mol. The van der Waals surface area contributed by atoms with Crippen LogP contribution in [0.2, 0.25) is 0 Å². The van der Waals surface area contributed by atoms with E-state index in [9.17, 15) is 4.79 Å². The van der Waals surface area contributed by atoms with Crippen molar-refractivity contribution in [3.05, 3.63) is 24.3 Å². The molecule has 88 valence electrons. The van der Waals surface area contributed by atoms with E-state index in [1.54, 1.807) is 0 Å². The summed E-state index contributed by atoms with van der Waals surface area (Å²) in [6, 6.07) is 7.15. The Bertz CT molecular complexity index is 353. The molecule has 0 aliphatic heterocycles. The molecule has 0 aromatic heterocycles. The molecule has 0 heterocycles. The van der Waals surface area contributed by atoms with Gasteiger partial charge in [0.15, 0.2) is 0 Å². The summed E-state index contributed by atoms with van der Waals surface area (Å²) in [5.74, 6) is 0.441. The number of hydrogen-bond acceptors (Lipinski definition) is 3. The van der Waals surface area contributed by atoms with Crippen LogP contribution in [0.15, 0.2) is 24.3 Å². The lowest BCUT2D eigenvalue weighted by Gasteiger charge is -2.15. The minimum atomic E-state index is -0.343. The van der Waals surface area contributed by atoms with Crippen LogP contribution in [0.5, 0.6) is 5.75 Å². The van der Waals surface area contributed by atoms with Crippen molar-refractivity contribution in [2.24, 2.45) is 5.73 Å². The van der Waals surface area contributed by atoms with Gasteiger partial charge in [-0.3, -0.25) is 4.79 Å². The molecule has 1 rings (SSSR count). The third kappa shape index (κ3) is 3.46. The number of ether oxygens (including phenoxy) is 1. The van der Waals surface area contributed by atoms with Crippen molar-refractivity contribution < 1.29 is 9.53 Å². The monoisotopic (exact) mass is 222 g/mol. The fourth-order valence-corrected chi connectivity index (χ4v) is 1.42. The molecule has 4 nitrogen and oxygen atoms in total. The lowest BCUT2D eigenvalue weighted by molar-refractivity contribution is -0.118. The molecule has 0 bridgehead atoms. The van der Waals surface area contributed by atoms with E-state index in [4.69, 9.17) is 10.5 Å². The van der Waals surface area contributed by atoms with Gasteiger partial charge in [0, 0.05) is 11.8 Å². The molecule has 0 radical (unpaired) electrons. The van der Waals surface area contributed by atoms with Crippen molar-refractivity contribution in [3.8, 4) is 5.75 Å². The van der Waals surface area contributed by atoms with E-state index in [2.05, 4.69) is 5.32 Å². The normalized spacial score (nSPS) is 11.9. The second-order valence-electron chi connectivity index (χ2n) is 3.47. The Morgan fingerprint density at radius 1 is 1.50 bits per heavy atom. The standard InChI is InChI=1S/C12H18N2O2/c1-3-11(12(13)15)14-9-6-5-7-10(8-9)16-4-2/h5-8,11,14H,3-4H2,1-2H3,(H2,13,15). The highest BCUT2D eigenvalue weighted by atomic mass is 16.5. The maximum atomic E-state index is 11.1. The van der Waals surface area contributed by atoms with E-state index < -0.39 is 0 Å². The molecule has 0 saturated carbocycles. The maximum Gasteiger partial charge on any atom is 0.239 e. The number of rotatable bonds is 6. The first-order valence-electron chi connectivity index (χ1n) is 5.46. The van der Waals surface area contributed by atoms with E-state index in [-0.39, 0.29) is 11.9 Å². The topological polar surface area (TPSA) is 64.3 Å². The number of carbonyl (C=O) groups excluding carboxylic acids is 1. The summed E-state index contributed by atoms with van der Waals surface area (Å²) in [6.45, 7) is 4.46. The van der Waals surface area contributed by atoms with Gasteiger partial charge >= 0.3 is 0 Å². The lowest BCUT2D eigenvalue weighted by atomic mass is 10.2. The molecule has 1 atom stereocenters. The molecule has 0 aliphatic rings. The highest BCUT2D eigenvalue weighted by Gasteiger charge is 2.12.